The molecule has 0 unspecified atom stereocenters. The van der Waals surface area contributed by atoms with Crippen LogP contribution in [0.2, 0.25) is 0 Å². The summed E-state index contributed by atoms with van der Waals surface area (Å²) >= 11 is 3.60. The van der Waals surface area contributed by atoms with Crippen molar-refractivity contribution < 1.29 is 15.0 Å². The Morgan fingerprint density at radius 3 is 2.58 bits per heavy atom. The molecule has 0 bridgehead atoms. The van der Waals surface area contributed by atoms with Gasteiger partial charge in [0.25, 0.3) is 5.91 Å². The topological polar surface area (TPSA) is 69.6 Å². The van der Waals surface area contributed by atoms with Crippen LogP contribution in [-0.4, -0.2) is 27.5 Å². The van der Waals surface area contributed by atoms with E-state index < -0.39 is 0 Å². The van der Waals surface area contributed by atoms with Crippen LogP contribution >= 0.6 is 15.9 Å². The maximum absolute atomic E-state index is 11.9. The molecule has 1 aromatic carbocycles. The molecule has 3 N–H and O–H groups in total. The molecule has 1 saturated carbocycles. The Morgan fingerprint density at radius 2 is 1.95 bits per heavy atom. The number of phenols is 2. The van der Waals surface area contributed by atoms with Crippen molar-refractivity contribution in [3.8, 4) is 11.5 Å². The lowest BCUT2D eigenvalue weighted by Gasteiger charge is -2.25. The second kappa shape index (κ2) is 6.28. The van der Waals surface area contributed by atoms with Gasteiger partial charge in [-0.3, -0.25) is 4.79 Å². The number of rotatable bonds is 3. The smallest absolute Gasteiger partial charge is 0.255 e. The Hall–Kier alpha value is -1.23. The summed E-state index contributed by atoms with van der Waals surface area (Å²) in [4.78, 5) is 12.5. The largest absolute Gasteiger partial charge is 0.508 e. The van der Waals surface area contributed by atoms with Crippen LogP contribution in [0.25, 0.3) is 0 Å². The summed E-state index contributed by atoms with van der Waals surface area (Å²) < 4.78 is 0. The first kappa shape index (κ1) is 14.2. The van der Waals surface area contributed by atoms with E-state index in [2.05, 4.69) is 21.2 Å². The molecule has 1 aliphatic rings. The highest BCUT2D eigenvalue weighted by Gasteiger charge is 2.20. The summed E-state index contributed by atoms with van der Waals surface area (Å²) in [5.41, 5.74) is 0.201. The highest BCUT2D eigenvalue weighted by atomic mass is 79.9. The highest BCUT2D eigenvalue weighted by Crippen LogP contribution is 2.28. The minimum absolute atomic E-state index is 0.0512. The summed E-state index contributed by atoms with van der Waals surface area (Å²) in [6, 6.07) is 3.99. The van der Waals surface area contributed by atoms with E-state index in [9.17, 15) is 15.0 Å². The predicted molar refractivity (Wildman–Crippen MR) is 76.8 cm³/mol. The van der Waals surface area contributed by atoms with Crippen molar-refractivity contribution in [3.63, 3.8) is 0 Å². The zero-order chi connectivity index (χ0) is 13.8. The van der Waals surface area contributed by atoms with Crippen molar-refractivity contribution in [2.24, 2.45) is 5.92 Å². The Kier molecular flexibility index (Phi) is 4.69. The van der Waals surface area contributed by atoms with Crippen LogP contribution in [0.4, 0.5) is 0 Å². The average Bonchev–Trinajstić information content (AvgIpc) is 2.37. The lowest BCUT2D eigenvalue weighted by Crippen LogP contribution is -2.31. The fourth-order valence-corrected chi connectivity index (χ4v) is 2.90. The fraction of sp³-hybridized carbons (Fsp3) is 0.500. The van der Waals surface area contributed by atoms with Gasteiger partial charge >= 0.3 is 0 Å². The van der Waals surface area contributed by atoms with Gasteiger partial charge in [0.1, 0.15) is 11.5 Å². The van der Waals surface area contributed by atoms with Gasteiger partial charge in [0, 0.05) is 17.4 Å². The maximum Gasteiger partial charge on any atom is 0.255 e. The number of hydrogen-bond acceptors (Lipinski definition) is 3. The quantitative estimate of drug-likeness (QED) is 0.747. The van der Waals surface area contributed by atoms with E-state index in [-0.39, 0.29) is 23.0 Å². The number of amides is 1. The summed E-state index contributed by atoms with van der Waals surface area (Å²) in [5.74, 6) is -0.0261. The molecule has 0 saturated heterocycles. The molecule has 1 aromatic rings. The number of carbonyl (C=O) groups excluding carboxylic acids is 1. The van der Waals surface area contributed by atoms with Crippen LogP contribution in [0, 0.1) is 5.92 Å². The van der Waals surface area contributed by atoms with Crippen LogP contribution in [0.1, 0.15) is 36.0 Å². The molecule has 0 aliphatic heterocycles. The van der Waals surface area contributed by atoms with E-state index >= 15 is 0 Å². The predicted octanol–water partition coefficient (Wildman–Crippen LogP) is 2.78. The third-order valence-electron chi connectivity index (χ3n) is 3.55. The number of phenolic OH excluding ortho intramolecular Hbond substituents is 2. The van der Waals surface area contributed by atoms with Crippen molar-refractivity contribution in [1.29, 1.82) is 0 Å². The molecule has 0 aromatic heterocycles. The second-order valence-electron chi connectivity index (χ2n) is 5.03. The zero-order valence-electron chi connectivity index (χ0n) is 10.6. The zero-order valence-corrected chi connectivity index (χ0v) is 12.2. The van der Waals surface area contributed by atoms with Crippen molar-refractivity contribution in [3.05, 3.63) is 23.8 Å². The van der Waals surface area contributed by atoms with Gasteiger partial charge in [-0.2, -0.15) is 0 Å². The van der Waals surface area contributed by atoms with E-state index in [1.54, 1.807) is 0 Å². The van der Waals surface area contributed by atoms with Crippen LogP contribution in [-0.2, 0) is 0 Å². The van der Waals surface area contributed by atoms with Gasteiger partial charge in [0.2, 0.25) is 0 Å². The van der Waals surface area contributed by atoms with Gasteiger partial charge in [0.15, 0.2) is 0 Å². The van der Waals surface area contributed by atoms with Gasteiger partial charge in [-0.1, -0.05) is 15.9 Å². The number of hydrogen-bond donors (Lipinski definition) is 3. The second-order valence-corrected chi connectivity index (χ2v) is 6.32. The molecular weight excluding hydrogens is 310 g/mol. The Bertz CT molecular complexity index is 456. The highest BCUT2D eigenvalue weighted by molar-refractivity contribution is 9.09. The molecule has 19 heavy (non-hydrogen) atoms. The number of nitrogens with one attached hydrogen (secondary N) is 1. The molecule has 1 fully saturated rings. The van der Waals surface area contributed by atoms with Gasteiger partial charge in [-0.25, -0.2) is 0 Å². The Balaban J connectivity index is 1.87. The van der Waals surface area contributed by atoms with Crippen molar-refractivity contribution in [1.82, 2.24) is 5.32 Å². The minimum atomic E-state index is -0.293. The molecule has 4 nitrogen and oxygen atoms in total. The molecule has 2 rings (SSSR count). The molecule has 0 radical (unpaired) electrons. The first-order chi connectivity index (χ1) is 9.06. The number of alkyl halides is 1. The van der Waals surface area contributed by atoms with Gasteiger partial charge < -0.3 is 15.5 Å². The summed E-state index contributed by atoms with van der Waals surface area (Å²) in [6.45, 7) is 0.638. The van der Waals surface area contributed by atoms with E-state index in [0.717, 1.165) is 25.7 Å². The average molecular weight is 328 g/mol. The van der Waals surface area contributed by atoms with Crippen molar-refractivity contribution in [2.45, 2.75) is 30.5 Å². The van der Waals surface area contributed by atoms with Gasteiger partial charge in [0.05, 0.1) is 5.56 Å². The molecule has 0 spiro atoms. The first-order valence-electron chi connectivity index (χ1n) is 6.50. The number of halogens is 1. The number of benzene rings is 1. The van der Waals surface area contributed by atoms with Crippen LogP contribution < -0.4 is 5.32 Å². The number of aromatic hydroxyl groups is 2. The molecular formula is C14H18BrNO3. The SMILES string of the molecule is O=C(NCC1CCC(Br)CC1)c1ccc(O)cc1O. The maximum atomic E-state index is 11.9. The third-order valence-corrected chi connectivity index (χ3v) is 4.47. The minimum Gasteiger partial charge on any atom is -0.508 e. The van der Waals surface area contributed by atoms with Crippen LogP contribution in [0.3, 0.4) is 0 Å². The molecule has 1 amide bonds. The lowest BCUT2D eigenvalue weighted by molar-refractivity contribution is 0.0941. The molecule has 104 valence electrons. The standard InChI is InChI=1S/C14H18BrNO3/c15-10-3-1-9(2-4-10)8-16-14(19)12-6-5-11(17)7-13(12)18/h5-7,9-10,17-18H,1-4,8H2,(H,16,19). The third kappa shape index (κ3) is 3.86. The normalized spacial score (nSPS) is 23.0. The van der Waals surface area contributed by atoms with Crippen LogP contribution in [0.5, 0.6) is 11.5 Å². The molecule has 5 heteroatoms. The van der Waals surface area contributed by atoms with Gasteiger partial charge in [-0.15, -0.1) is 0 Å². The van der Waals surface area contributed by atoms with Crippen molar-refractivity contribution >= 4 is 21.8 Å². The van der Waals surface area contributed by atoms with Gasteiger partial charge in [-0.05, 0) is 43.7 Å². The Morgan fingerprint density at radius 1 is 1.26 bits per heavy atom. The van der Waals surface area contributed by atoms with Crippen LogP contribution in [0.15, 0.2) is 18.2 Å². The monoisotopic (exact) mass is 327 g/mol. The van der Waals surface area contributed by atoms with E-state index in [1.165, 1.54) is 18.2 Å². The molecule has 1 aliphatic carbocycles. The number of carbonyl (C=O) groups is 1. The fourth-order valence-electron chi connectivity index (χ4n) is 2.37. The summed E-state index contributed by atoms with van der Waals surface area (Å²) in [7, 11) is 0. The van der Waals surface area contributed by atoms with Crippen molar-refractivity contribution in [2.75, 3.05) is 6.54 Å². The first-order valence-corrected chi connectivity index (χ1v) is 7.42. The Labute approximate surface area is 121 Å². The van der Waals surface area contributed by atoms with E-state index in [4.69, 9.17) is 0 Å². The molecule has 0 heterocycles. The lowest BCUT2D eigenvalue weighted by atomic mass is 9.89. The summed E-state index contributed by atoms with van der Waals surface area (Å²) in [5, 5.41) is 21.6. The van der Waals surface area contributed by atoms with E-state index in [1.807, 2.05) is 0 Å². The molecule has 0 atom stereocenters. The van der Waals surface area contributed by atoms with E-state index in [0.29, 0.717) is 17.3 Å². The summed E-state index contributed by atoms with van der Waals surface area (Å²) in [6.07, 6.45) is 4.51.